The van der Waals surface area contributed by atoms with Crippen molar-refractivity contribution in [1.29, 1.82) is 0 Å². The second-order valence-corrected chi connectivity index (χ2v) is 5.54. The van der Waals surface area contributed by atoms with Gasteiger partial charge in [-0.15, -0.1) is 11.8 Å². The number of ketones is 1. The topological polar surface area (TPSA) is 29.1 Å². The van der Waals surface area contributed by atoms with E-state index in [4.69, 9.17) is 0 Å². The van der Waals surface area contributed by atoms with Crippen LogP contribution in [0.15, 0.2) is 65.7 Å². The summed E-state index contributed by atoms with van der Waals surface area (Å²) in [6.07, 6.45) is 4.23. The third kappa shape index (κ3) is 4.23. The average molecular weight is 297 g/mol. The van der Waals surface area contributed by atoms with Crippen molar-refractivity contribution in [3.63, 3.8) is 0 Å². The Morgan fingerprint density at radius 1 is 1.14 bits per heavy atom. The summed E-state index contributed by atoms with van der Waals surface area (Å²) in [5.41, 5.74) is 2.70. The van der Waals surface area contributed by atoms with Gasteiger partial charge < -0.3 is 5.32 Å². The Bertz CT molecular complexity index is 635. The number of Topliss-reactive ketones (excluding diaryl/α,β-unsaturated/α-hetero) is 1. The smallest absolute Gasteiger partial charge is 0.169 e. The highest BCUT2D eigenvalue weighted by Crippen LogP contribution is 2.20. The van der Waals surface area contributed by atoms with Crippen molar-refractivity contribution in [2.75, 3.05) is 13.3 Å². The van der Waals surface area contributed by atoms with Gasteiger partial charge in [-0.25, -0.2) is 0 Å². The maximum atomic E-state index is 12.6. The van der Waals surface area contributed by atoms with Crippen molar-refractivity contribution >= 4 is 23.1 Å². The molecule has 0 atom stereocenters. The molecule has 0 aliphatic rings. The standard InChI is InChI=1S/C18H19NOS/c1-19-13-17(15-8-4-3-5-9-15)18(20)12-14-7-6-10-16(11-14)21-2/h3-11,13,19H,12H2,1-2H3. The van der Waals surface area contributed by atoms with Gasteiger partial charge in [-0.3, -0.25) is 4.79 Å². The molecule has 0 heterocycles. The Labute approximate surface area is 130 Å². The monoisotopic (exact) mass is 297 g/mol. The molecular formula is C18H19NOS. The molecule has 0 bridgehead atoms. The molecule has 2 nitrogen and oxygen atoms in total. The van der Waals surface area contributed by atoms with Gasteiger partial charge in [0.2, 0.25) is 0 Å². The molecule has 21 heavy (non-hydrogen) atoms. The van der Waals surface area contributed by atoms with Crippen LogP contribution < -0.4 is 5.32 Å². The quantitative estimate of drug-likeness (QED) is 0.650. The molecule has 0 saturated heterocycles. The first-order chi connectivity index (χ1) is 10.2. The van der Waals surface area contributed by atoms with E-state index in [0.717, 1.165) is 11.1 Å². The van der Waals surface area contributed by atoms with E-state index in [2.05, 4.69) is 17.4 Å². The lowest BCUT2D eigenvalue weighted by Crippen LogP contribution is -2.09. The Balaban J connectivity index is 2.22. The summed E-state index contributed by atoms with van der Waals surface area (Å²) in [6.45, 7) is 0. The Kier molecular flexibility index (Phi) is 5.64. The van der Waals surface area contributed by atoms with Crippen LogP contribution in [0.1, 0.15) is 11.1 Å². The van der Waals surface area contributed by atoms with E-state index >= 15 is 0 Å². The highest BCUT2D eigenvalue weighted by atomic mass is 32.2. The molecule has 0 aliphatic heterocycles. The van der Waals surface area contributed by atoms with Gasteiger partial charge in [0.25, 0.3) is 0 Å². The van der Waals surface area contributed by atoms with Gasteiger partial charge in [-0.05, 0) is 29.5 Å². The number of nitrogens with one attached hydrogen (secondary N) is 1. The lowest BCUT2D eigenvalue weighted by molar-refractivity contribution is -0.113. The summed E-state index contributed by atoms with van der Waals surface area (Å²) in [6, 6.07) is 17.9. The SMILES string of the molecule is CNC=C(C(=O)Cc1cccc(SC)c1)c1ccccc1. The number of carbonyl (C=O) groups excluding carboxylic acids is 1. The van der Waals surface area contributed by atoms with E-state index in [0.29, 0.717) is 12.0 Å². The second kappa shape index (κ2) is 7.70. The minimum absolute atomic E-state index is 0.119. The maximum absolute atomic E-state index is 12.6. The van der Waals surface area contributed by atoms with Gasteiger partial charge in [-0.2, -0.15) is 0 Å². The first-order valence-electron chi connectivity index (χ1n) is 6.83. The van der Waals surface area contributed by atoms with Crippen LogP contribution in [0.5, 0.6) is 0 Å². The number of thioether (sulfide) groups is 1. The molecule has 2 rings (SSSR count). The van der Waals surface area contributed by atoms with Gasteiger partial charge in [-0.1, -0.05) is 42.5 Å². The highest BCUT2D eigenvalue weighted by Gasteiger charge is 2.12. The van der Waals surface area contributed by atoms with Gasteiger partial charge in [0, 0.05) is 30.1 Å². The number of carbonyl (C=O) groups is 1. The molecule has 0 radical (unpaired) electrons. The first kappa shape index (κ1) is 15.4. The van der Waals surface area contributed by atoms with E-state index in [9.17, 15) is 4.79 Å². The van der Waals surface area contributed by atoms with E-state index < -0.39 is 0 Å². The maximum Gasteiger partial charge on any atom is 0.169 e. The van der Waals surface area contributed by atoms with Crippen LogP contribution in [0, 0.1) is 0 Å². The predicted octanol–water partition coefficient (Wildman–Crippen LogP) is 3.78. The van der Waals surface area contributed by atoms with E-state index in [1.165, 1.54) is 4.90 Å². The molecule has 0 fully saturated rings. The van der Waals surface area contributed by atoms with Crippen molar-refractivity contribution in [3.05, 3.63) is 71.9 Å². The van der Waals surface area contributed by atoms with Crippen LogP contribution in [0.2, 0.25) is 0 Å². The summed E-state index contributed by atoms with van der Waals surface area (Å²) >= 11 is 1.69. The number of hydrogen-bond acceptors (Lipinski definition) is 3. The van der Waals surface area contributed by atoms with Gasteiger partial charge in [0.1, 0.15) is 0 Å². The molecule has 2 aromatic rings. The molecule has 0 amide bonds. The second-order valence-electron chi connectivity index (χ2n) is 4.66. The van der Waals surface area contributed by atoms with Gasteiger partial charge in [0.05, 0.1) is 0 Å². The lowest BCUT2D eigenvalue weighted by atomic mass is 9.98. The summed E-state index contributed by atoms with van der Waals surface area (Å²) in [7, 11) is 1.81. The van der Waals surface area contributed by atoms with Crippen molar-refractivity contribution in [2.45, 2.75) is 11.3 Å². The Hall–Kier alpha value is -2.00. The predicted molar refractivity (Wildman–Crippen MR) is 90.4 cm³/mol. The molecule has 0 spiro atoms. The zero-order valence-electron chi connectivity index (χ0n) is 12.3. The number of allylic oxidation sites excluding steroid dienone is 1. The third-order valence-corrected chi connectivity index (χ3v) is 3.90. The van der Waals surface area contributed by atoms with Crippen LogP contribution in [0.25, 0.3) is 5.57 Å². The van der Waals surface area contributed by atoms with Crippen molar-refractivity contribution < 1.29 is 4.79 Å². The average Bonchev–Trinajstić information content (AvgIpc) is 2.53. The first-order valence-corrected chi connectivity index (χ1v) is 8.06. The number of rotatable bonds is 6. The number of hydrogen-bond donors (Lipinski definition) is 1. The molecule has 3 heteroatoms. The molecule has 108 valence electrons. The van der Waals surface area contributed by atoms with Crippen molar-refractivity contribution in [3.8, 4) is 0 Å². The summed E-state index contributed by atoms with van der Waals surface area (Å²) in [4.78, 5) is 13.8. The molecule has 1 N–H and O–H groups in total. The minimum atomic E-state index is 0.119. The van der Waals surface area contributed by atoms with E-state index in [1.807, 2.05) is 55.8 Å². The van der Waals surface area contributed by atoms with Gasteiger partial charge in [0.15, 0.2) is 5.78 Å². The Morgan fingerprint density at radius 2 is 1.90 bits per heavy atom. The largest absolute Gasteiger partial charge is 0.393 e. The highest BCUT2D eigenvalue weighted by molar-refractivity contribution is 7.98. The zero-order valence-corrected chi connectivity index (χ0v) is 13.1. The van der Waals surface area contributed by atoms with Crippen LogP contribution in [0.4, 0.5) is 0 Å². The number of benzene rings is 2. The fraction of sp³-hybridized carbons (Fsp3) is 0.167. The molecule has 0 saturated carbocycles. The summed E-state index contributed by atoms with van der Waals surface area (Å²) < 4.78 is 0. The van der Waals surface area contributed by atoms with E-state index in [-0.39, 0.29) is 5.78 Å². The Morgan fingerprint density at radius 3 is 2.57 bits per heavy atom. The van der Waals surface area contributed by atoms with Crippen LogP contribution >= 0.6 is 11.8 Å². The third-order valence-electron chi connectivity index (χ3n) is 3.17. The van der Waals surface area contributed by atoms with Gasteiger partial charge >= 0.3 is 0 Å². The molecule has 0 unspecified atom stereocenters. The fourth-order valence-electron chi connectivity index (χ4n) is 2.15. The van der Waals surface area contributed by atoms with Crippen LogP contribution in [-0.2, 0) is 11.2 Å². The van der Waals surface area contributed by atoms with Crippen molar-refractivity contribution in [1.82, 2.24) is 5.32 Å². The minimum Gasteiger partial charge on any atom is -0.393 e. The molecule has 2 aromatic carbocycles. The van der Waals surface area contributed by atoms with Crippen LogP contribution in [0.3, 0.4) is 0 Å². The van der Waals surface area contributed by atoms with Crippen molar-refractivity contribution in [2.24, 2.45) is 0 Å². The van der Waals surface area contributed by atoms with E-state index in [1.54, 1.807) is 18.0 Å². The zero-order chi connectivity index (χ0) is 15.1. The summed E-state index contributed by atoms with van der Waals surface area (Å²) in [5, 5.41) is 2.97. The fourth-order valence-corrected chi connectivity index (χ4v) is 2.63. The normalized spacial score (nSPS) is 11.2. The summed E-state index contributed by atoms with van der Waals surface area (Å²) in [5.74, 6) is 0.119. The van der Waals surface area contributed by atoms with Crippen LogP contribution in [-0.4, -0.2) is 19.1 Å². The lowest BCUT2D eigenvalue weighted by Gasteiger charge is -2.08. The molecule has 0 aliphatic carbocycles. The molecular weight excluding hydrogens is 278 g/mol. The molecule has 0 aromatic heterocycles.